The second-order valence-corrected chi connectivity index (χ2v) is 4.40. The highest BCUT2D eigenvalue weighted by atomic mass is 32.1. The zero-order valence-electron chi connectivity index (χ0n) is 9.39. The average Bonchev–Trinajstić information content (AvgIpc) is 2.62. The number of nitrogens with two attached hydrogens (primary N) is 1. The molecule has 0 aromatic carbocycles. The first kappa shape index (κ1) is 12.5. The predicted octanol–water partition coefficient (Wildman–Crippen LogP) is 0.964. The van der Waals surface area contributed by atoms with Gasteiger partial charge in [0.15, 0.2) is 6.10 Å². The Morgan fingerprint density at radius 3 is 2.56 bits per heavy atom. The van der Waals surface area contributed by atoms with Gasteiger partial charge in [0, 0.05) is 14.1 Å². The number of rotatable bonds is 3. The molecule has 5 nitrogen and oxygen atoms in total. The van der Waals surface area contributed by atoms with Gasteiger partial charge >= 0.3 is 5.97 Å². The van der Waals surface area contributed by atoms with Crippen LogP contribution in [0.15, 0.2) is 11.4 Å². The maximum atomic E-state index is 11.6. The standard InChI is InChI=1S/C10H14N2O3S/c1-6(9(13)12(2)3)15-10(14)8-7(11)4-5-16-8/h4-6H,11H2,1-3H3. The minimum absolute atomic E-state index is 0.261. The first-order chi connectivity index (χ1) is 7.43. The summed E-state index contributed by atoms with van der Waals surface area (Å²) >= 11 is 1.20. The van der Waals surface area contributed by atoms with Crippen LogP contribution in [0.5, 0.6) is 0 Å². The molecule has 6 heteroatoms. The van der Waals surface area contributed by atoms with Crippen LogP contribution in [-0.4, -0.2) is 37.0 Å². The van der Waals surface area contributed by atoms with Gasteiger partial charge in [-0.1, -0.05) is 0 Å². The fourth-order valence-corrected chi connectivity index (χ4v) is 1.81. The summed E-state index contributed by atoms with van der Waals surface area (Å²) < 4.78 is 5.00. The molecule has 0 fully saturated rings. The molecule has 0 saturated heterocycles. The molecule has 1 heterocycles. The molecule has 16 heavy (non-hydrogen) atoms. The molecular formula is C10H14N2O3S. The van der Waals surface area contributed by atoms with Gasteiger partial charge in [0.2, 0.25) is 0 Å². The lowest BCUT2D eigenvalue weighted by molar-refractivity contribution is -0.137. The number of nitrogen functional groups attached to an aromatic ring is 1. The van der Waals surface area contributed by atoms with Crippen LogP contribution in [0.4, 0.5) is 5.69 Å². The topological polar surface area (TPSA) is 72.6 Å². The summed E-state index contributed by atoms with van der Waals surface area (Å²) in [7, 11) is 3.21. The van der Waals surface area contributed by atoms with E-state index < -0.39 is 12.1 Å². The maximum Gasteiger partial charge on any atom is 0.351 e. The summed E-state index contributed by atoms with van der Waals surface area (Å²) in [4.78, 5) is 24.8. The van der Waals surface area contributed by atoms with E-state index in [0.29, 0.717) is 10.6 Å². The van der Waals surface area contributed by atoms with Gasteiger partial charge in [-0.2, -0.15) is 0 Å². The Morgan fingerprint density at radius 2 is 2.12 bits per heavy atom. The molecule has 1 rings (SSSR count). The quantitative estimate of drug-likeness (QED) is 0.801. The molecule has 1 aromatic rings. The number of hydrogen-bond donors (Lipinski definition) is 1. The molecule has 0 saturated carbocycles. The Balaban J connectivity index is 2.66. The monoisotopic (exact) mass is 242 g/mol. The Labute approximate surface area is 97.8 Å². The van der Waals surface area contributed by atoms with Gasteiger partial charge in [-0.3, -0.25) is 4.79 Å². The third kappa shape index (κ3) is 2.73. The van der Waals surface area contributed by atoms with E-state index >= 15 is 0 Å². The second kappa shape index (κ2) is 4.98. The summed E-state index contributed by atoms with van der Waals surface area (Å²) in [5, 5.41) is 1.70. The van der Waals surface area contributed by atoms with Gasteiger partial charge in [-0.15, -0.1) is 11.3 Å². The molecule has 0 aliphatic carbocycles. The fourth-order valence-electron chi connectivity index (χ4n) is 1.11. The number of carbonyl (C=O) groups excluding carboxylic acids is 2. The predicted molar refractivity (Wildman–Crippen MR) is 62.3 cm³/mol. The Bertz CT molecular complexity index is 401. The number of likely N-dealkylation sites (N-methyl/N-ethyl adjacent to an activating group) is 1. The summed E-state index contributed by atoms with van der Waals surface area (Å²) in [5.74, 6) is -0.821. The van der Waals surface area contributed by atoms with Gasteiger partial charge in [-0.25, -0.2) is 4.79 Å². The van der Waals surface area contributed by atoms with Crippen molar-refractivity contribution in [3.05, 3.63) is 16.3 Å². The smallest absolute Gasteiger partial charge is 0.351 e. The average molecular weight is 242 g/mol. The molecular weight excluding hydrogens is 228 g/mol. The first-order valence-electron chi connectivity index (χ1n) is 4.68. The number of hydrogen-bond acceptors (Lipinski definition) is 5. The van der Waals surface area contributed by atoms with Crippen molar-refractivity contribution in [1.82, 2.24) is 4.90 Å². The second-order valence-electron chi connectivity index (χ2n) is 3.49. The highest BCUT2D eigenvalue weighted by Crippen LogP contribution is 2.20. The molecule has 1 atom stereocenters. The van der Waals surface area contributed by atoms with E-state index in [2.05, 4.69) is 0 Å². The van der Waals surface area contributed by atoms with Crippen LogP contribution in [0.25, 0.3) is 0 Å². The lowest BCUT2D eigenvalue weighted by Gasteiger charge is -2.16. The minimum Gasteiger partial charge on any atom is -0.448 e. The van der Waals surface area contributed by atoms with E-state index in [0.717, 1.165) is 0 Å². The molecule has 1 amide bonds. The van der Waals surface area contributed by atoms with Crippen LogP contribution in [0.3, 0.4) is 0 Å². The van der Waals surface area contributed by atoms with Crippen molar-refractivity contribution in [2.75, 3.05) is 19.8 Å². The highest BCUT2D eigenvalue weighted by molar-refractivity contribution is 7.12. The molecule has 0 bridgehead atoms. The van der Waals surface area contributed by atoms with Crippen LogP contribution < -0.4 is 5.73 Å². The van der Waals surface area contributed by atoms with E-state index in [-0.39, 0.29) is 5.91 Å². The molecule has 2 N–H and O–H groups in total. The summed E-state index contributed by atoms with van der Waals surface area (Å²) in [6, 6.07) is 1.62. The molecule has 88 valence electrons. The van der Waals surface area contributed by atoms with Gasteiger partial charge in [-0.05, 0) is 18.4 Å². The van der Waals surface area contributed by atoms with Crippen LogP contribution in [0.1, 0.15) is 16.6 Å². The lowest BCUT2D eigenvalue weighted by Crippen LogP contribution is -2.34. The number of esters is 1. The Hall–Kier alpha value is -1.56. The SMILES string of the molecule is CC(OC(=O)c1sccc1N)C(=O)N(C)C. The van der Waals surface area contributed by atoms with E-state index in [1.165, 1.54) is 23.2 Å². The lowest BCUT2D eigenvalue weighted by atomic mass is 10.3. The summed E-state index contributed by atoms with van der Waals surface area (Å²) in [6.07, 6.45) is -0.802. The highest BCUT2D eigenvalue weighted by Gasteiger charge is 2.22. The largest absolute Gasteiger partial charge is 0.448 e. The molecule has 1 aromatic heterocycles. The van der Waals surface area contributed by atoms with Gasteiger partial charge in [0.05, 0.1) is 5.69 Å². The van der Waals surface area contributed by atoms with Crippen LogP contribution >= 0.6 is 11.3 Å². The molecule has 0 aliphatic heterocycles. The molecule has 0 radical (unpaired) electrons. The van der Waals surface area contributed by atoms with E-state index in [4.69, 9.17) is 10.5 Å². The molecule has 0 aliphatic rings. The number of carbonyl (C=O) groups is 2. The van der Waals surface area contributed by atoms with Crippen molar-refractivity contribution >= 4 is 28.9 Å². The first-order valence-corrected chi connectivity index (χ1v) is 5.56. The van der Waals surface area contributed by atoms with E-state index in [9.17, 15) is 9.59 Å². The van der Waals surface area contributed by atoms with Gasteiger partial charge in [0.25, 0.3) is 5.91 Å². The van der Waals surface area contributed by atoms with Crippen molar-refractivity contribution in [2.45, 2.75) is 13.0 Å². The van der Waals surface area contributed by atoms with Crippen molar-refractivity contribution in [2.24, 2.45) is 0 Å². The minimum atomic E-state index is -0.802. The number of nitrogens with zero attached hydrogens (tertiary/aromatic N) is 1. The third-order valence-corrected chi connectivity index (χ3v) is 2.86. The molecule has 0 spiro atoms. The van der Waals surface area contributed by atoms with Gasteiger partial charge < -0.3 is 15.4 Å². The van der Waals surface area contributed by atoms with Gasteiger partial charge in [0.1, 0.15) is 4.88 Å². The normalized spacial score (nSPS) is 11.9. The van der Waals surface area contributed by atoms with Crippen LogP contribution in [-0.2, 0) is 9.53 Å². The Kier molecular flexibility index (Phi) is 3.89. The Morgan fingerprint density at radius 1 is 1.50 bits per heavy atom. The van der Waals surface area contributed by atoms with Crippen LogP contribution in [0, 0.1) is 0 Å². The van der Waals surface area contributed by atoms with E-state index in [1.807, 2.05) is 0 Å². The molecule has 1 unspecified atom stereocenters. The summed E-state index contributed by atoms with van der Waals surface area (Å²) in [5.41, 5.74) is 5.94. The number of anilines is 1. The van der Waals surface area contributed by atoms with Crippen molar-refractivity contribution in [1.29, 1.82) is 0 Å². The number of amides is 1. The maximum absolute atomic E-state index is 11.6. The summed E-state index contributed by atoms with van der Waals surface area (Å²) in [6.45, 7) is 1.53. The number of thiophene rings is 1. The van der Waals surface area contributed by atoms with Crippen molar-refractivity contribution < 1.29 is 14.3 Å². The zero-order chi connectivity index (χ0) is 12.3. The van der Waals surface area contributed by atoms with Crippen LogP contribution in [0.2, 0.25) is 0 Å². The van der Waals surface area contributed by atoms with Crippen molar-refractivity contribution in [3.63, 3.8) is 0 Å². The zero-order valence-corrected chi connectivity index (χ0v) is 10.2. The fraction of sp³-hybridized carbons (Fsp3) is 0.400. The van der Waals surface area contributed by atoms with E-state index in [1.54, 1.807) is 25.5 Å². The van der Waals surface area contributed by atoms with Crippen molar-refractivity contribution in [3.8, 4) is 0 Å². The number of ether oxygens (including phenoxy) is 1. The third-order valence-electron chi connectivity index (χ3n) is 1.95.